The van der Waals surface area contributed by atoms with Crippen molar-refractivity contribution in [3.8, 4) is 0 Å². The summed E-state index contributed by atoms with van der Waals surface area (Å²) in [6.07, 6.45) is 10.9. The van der Waals surface area contributed by atoms with Gasteiger partial charge < -0.3 is 4.98 Å². The fraction of sp³-hybridized carbons (Fsp3) is 0.143. The summed E-state index contributed by atoms with van der Waals surface area (Å²) >= 11 is 3.52. The van der Waals surface area contributed by atoms with E-state index < -0.39 is 0 Å². The van der Waals surface area contributed by atoms with Crippen molar-refractivity contribution in [1.29, 1.82) is 0 Å². The average molecular weight is 274 g/mol. The fourth-order valence-corrected chi connectivity index (χ4v) is 2.52. The van der Waals surface area contributed by atoms with Gasteiger partial charge in [0.1, 0.15) is 0 Å². The fourth-order valence-electron chi connectivity index (χ4n) is 2.15. The summed E-state index contributed by atoms with van der Waals surface area (Å²) in [5.41, 5.74) is 4.00. The minimum atomic E-state index is 1.02. The van der Waals surface area contributed by atoms with Gasteiger partial charge >= 0.3 is 0 Å². The molecule has 0 bridgehead atoms. The van der Waals surface area contributed by atoms with E-state index in [9.17, 15) is 0 Å². The van der Waals surface area contributed by atoms with E-state index in [1.807, 2.05) is 0 Å². The van der Waals surface area contributed by atoms with Crippen LogP contribution in [0.4, 0.5) is 0 Å². The van der Waals surface area contributed by atoms with Crippen LogP contribution in [0.2, 0.25) is 0 Å². The maximum absolute atomic E-state index is 3.52. The first-order chi connectivity index (χ1) is 7.83. The van der Waals surface area contributed by atoms with Crippen LogP contribution in [0.15, 0.2) is 52.7 Å². The predicted molar refractivity (Wildman–Crippen MR) is 71.5 cm³/mol. The lowest BCUT2D eigenvalue weighted by Gasteiger charge is -1.99. The molecule has 2 aromatic rings. The summed E-state index contributed by atoms with van der Waals surface area (Å²) in [5.74, 6) is 0. The molecular weight excluding hydrogens is 262 g/mol. The Kier molecular flexibility index (Phi) is 2.44. The van der Waals surface area contributed by atoms with E-state index in [1.54, 1.807) is 0 Å². The van der Waals surface area contributed by atoms with Gasteiger partial charge in [-0.2, -0.15) is 0 Å². The number of fused-ring (bicyclic) bond motifs is 1. The number of aromatic nitrogens is 1. The Bertz CT molecular complexity index is 590. The van der Waals surface area contributed by atoms with Crippen LogP contribution in [0, 0.1) is 0 Å². The van der Waals surface area contributed by atoms with E-state index >= 15 is 0 Å². The van der Waals surface area contributed by atoms with Crippen LogP contribution in [0.3, 0.4) is 0 Å². The lowest BCUT2D eigenvalue weighted by molar-refractivity contribution is 1.21. The van der Waals surface area contributed by atoms with Crippen LogP contribution in [-0.2, 0) is 6.42 Å². The van der Waals surface area contributed by atoms with Gasteiger partial charge in [-0.05, 0) is 42.2 Å². The van der Waals surface area contributed by atoms with Gasteiger partial charge in [0.25, 0.3) is 0 Å². The van der Waals surface area contributed by atoms with Gasteiger partial charge in [-0.1, -0.05) is 34.2 Å². The van der Waals surface area contributed by atoms with Crippen molar-refractivity contribution in [1.82, 2.24) is 4.98 Å². The monoisotopic (exact) mass is 273 g/mol. The van der Waals surface area contributed by atoms with Crippen LogP contribution in [-0.4, -0.2) is 4.98 Å². The quantitative estimate of drug-likeness (QED) is 0.837. The van der Waals surface area contributed by atoms with E-state index in [1.165, 1.54) is 22.0 Å². The lowest BCUT2D eigenvalue weighted by Crippen LogP contribution is -1.84. The van der Waals surface area contributed by atoms with Crippen LogP contribution in [0.25, 0.3) is 10.9 Å². The number of hydrogen-bond donors (Lipinski definition) is 1. The Hall–Kier alpha value is -1.28. The molecule has 1 aliphatic carbocycles. The van der Waals surface area contributed by atoms with Gasteiger partial charge in [-0.15, -0.1) is 0 Å². The second-order valence-electron chi connectivity index (χ2n) is 4.10. The molecule has 0 spiro atoms. The molecule has 0 atom stereocenters. The standard InChI is InChI=1S/C14H12BrN/c15-12-5-6-14-13(8-12)11(9-16-14)7-10-3-1-2-4-10/h1,3-6,8-9,16H,2,7H2. The maximum atomic E-state index is 3.52. The summed E-state index contributed by atoms with van der Waals surface area (Å²) in [7, 11) is 0. The highest BCUT2D eigenvalue weighted by Gasteiger charge is 2.06. The predicted octanol–water partition coefficient (Wildman–Crippen LogP) is 4.36. The summed E-state index contributed by atoms with van der Waals surface area (Å²) in [6.45, 7) is 0. The third-order valence-corrected chi connectivity index (χ3v) is 3.47. The molecule has 0 aliphatic heterocycles. The molecule has 1 aromatic heterocycles. The molecule has 1 N–H and O–H groups in total. The zero-order chi connectivity index (χ0) is 11.0. The second-order valence-corrected chi connectivity index (χ2v) is 5.01. The molecule has 0 amide bonds. The smallest absolute Gasteiger partial charge is 0.0457 e. The lowest BCUT2D eigenvalue weighted by atomic mass is 10.1. The summed E-state index contributed by atoms with van der Waals surface area (Å²) < 4.78 is 1.14. The van der Waals surface area contributed by atoms with E-state index in [0.29, 0.717) is 0 Å². The van der Waals surface area contributed by atoms with Crippen LogP contribution < -0.4 is 0 Å². The minimum Gasteiger partial charge on any atom is -0.361 e. The molecule has 1 aromatic carbocycles. The van der Waals surface area contributed by atoms with Crippen LogP contribution >= 0.6 is 15.9 Å². The largest absolute Gasteiger partial charge is 0.361 e. The first-order valence-corrected chi connectivity index (χ1v) is 6.23. The third-order valence-electron chi connectivity index (χ3n) is 2.97. The van der Waals surface area contributed by atoms with Crippen molar-refractivity contribution in [2.24, 2.45) is 0 Å². The number of aromatic amines is 1. The number of benzene rings is 1. The number of H-pyrrole nitrogens is 1. The molecule has 0 radical (unpaired) electrons. The highest BCUT2D eigenvalue weighted by atomic mass is 79.9. The molecule has 2 heteroatoms. The number of hydrogen-bond acceptors (Lipinski definition) is 0. The molecular formula is C14H12BrN. The maximum Gasteiger partial charge on any atom is 0.0457 e. The molecule has 0 fully saturated rings. The van der Waals surface area contributed by atoms with Crippen molar-refractivity contribution >= 4 is 26.8 Å². The molecule has 1 heterocycles. The summed E-state index contributed by atoms with van der Waals surface area (Å²) in [5, 5.41) is 1.32. The number of nitrogens with one attached hydrogen (secondary N) is 1. The van der Waals surface area contributed by atoms with Gasteiger partial charge in [0.15, 0.2) is 0 Å². The van der Waals surface area contributed by atoms with Crippen molar-refractivity contribution in [3.05, 3.63) is 58.2 Å². The van der Waals surface area contributed by atoms with E-state index in [2.05, 4.69) is 63.5 Å². The van der Waals surface area contributed by atoms with Crippen molar-refractivity contribution < 1.29 is 0 Å². The third kappa shape index (κ3) is 1.74. The first-order valence-electron chi connectivity index (χ1n) is 5.44. The van der Waals surface area contributed by atoms with E-state index in [-0.39, 0.29) is 0 Å². The Balaban J connectivity index is 2.03. The molecule has 1 aliphatic rings. The van der Waals surface area contributed by atoms with Gasteiger partial charge in [0.2, 0.25) is 0 Å². The average Bonchev–Trinajstić information content (AvgIpc) is 2.90. The Morgan fingerprint density at radius 1 is 1.31 bits per heavy atom. The number of rotatable bonds is 2. The zero-order valence-corrected chi connectivity index (χ0v) is 10.4. The van der Waals surface area contributed by atoms with Gasteiger partial charge in [0.05, 0.1) is 0 Å². The molecule has 3 rings (SSSR count). The molecule has 80 valence electrons. The Labute approximate surface area is 103 Å². The molecule has 0 unspecified atom stereocenters. The SMILES string of the molecule is Brc1ccc2[nH]cc(CC3=CCC=C3)c2c1. The van der Waals surface area contributed by atoms with Crippen molar-refractivity contribution in [2.75, 3.05) is 0 Å². The second kappa shape index (κ2) is 3.95. The molecule has 0 saturated heterocycles. The van der Waals surface area contributed by atoms with Gasteiger partial charge in [0, 0.05) is 21.6 Å². The Morgan fingerprint density at radius 3 is 3.06 bits per heavy atom. The number of halogens is 1. The summed E-state index contributed by atoms with van der Waals surface area (Å²) in [6, 6.07) is 6.36. The summed E-state index contributed by atoms with van der Waals surface area (Å²) in [4.78, 5) is 3.32. The van der Waals surface area contributed by atoms with Crippen LogP contribution in [0.1, 0.15) is 12.0 Å². The van der Waals surface area contributed by atoms with E-state index in [0.717, 1.165) is 17.3 Å². The van der Waals surface area contributed by atoms with Crippen LogP contribution in [0.5, 0.6) is 0 Å². The zero-order valence-electron chi connectivity index (χ0n) is 8.83. The first kappa shape index (κ1) is 9.91. The molecule has 1 nitrogen and oxygen atoms in total. The topological polar surface area (TPSA) is 15.8 Å². The highest BCUT2D eigenvalue weighted by Crippen LogP contribution is 2.25. The van der Waals surface area contributed by atoms with Gasteiger partial charge in [-0.25, -0.2) is 0 Å². The normalized spacial score (nSPS) is 14.7. The van der Waals surface area contributed by atoms with Crippen molar-refractivity contribution in [3.63, 3.8) is 0 Å². The van der Waals surface area contributed by atoms with E-state index in [4.69, 9.17) is 0 Å². The highest BCUT2D eigenvalue weighted by molar-refractivity contribution is 9.10. The minimum absolute atomic E-state index is 1.02. The molecule has 16 heavy (non-hydrogen) atoms. The number of allylic oxidation sites excluding steroid dienone is 4. The Morgan fingerprint density at radius 2 is 2.25 bits per heavy atom. The van der Waals surface area contributed by atoms with Gasteiger partial charge in [-0.3, -0.25) is 0 Å². The van der Waals surface area contributed by atoms with Crippen molar-refractivity contribution in [2.45, 2.75) is 12.8 Å². The molecule has 0 saturated carbocycles.